The molecule has 1 N–H and O–H groups in total. The monoisotopic (exact) mass is 605 g/mol. The summed E-state index contributed by atoms with van der Waals surface area (Å²) in [6.45, 7) is 1.86. The van der Waals surface area contributed by atoms with Gasteiger partial charge < -0.3 is 15.0 Å². The van der Waals surface area contributed by atoms with E-state index in [1.54, 1.807) is 24.3 Å². The number of amides is 2. The number of hydrogen-bond donors (Lipinski definition) is 1. The van der Waals surface area contributed by atoms with E-state index in [2.05, 4.69) is 5.32 Å². The third-order valence-corrected chi connectivity index (χ3v) is 7.84. The second-order valence-corrected chi connectivity index (χ2v) is 12.0. The molecule has 8 nitrogen and oxygen atoms in total. The molecule has 0 fully saturated rings. The Hall–Kier alpha value is -3.27. The highest BCUT2D eigenvalue weighted by Gasteiger charge is 2.33. The molecule has 11 heteroatoms. The molecule has 0 saturated heterocycles. The summed E-state index contributed by atoms with van der Waals surface area (Å²) in [5.74, 6) is -0.535. The highest BCUT2D eigenvalue weighted by atomic mass is 35.5. The van der Waals surface area contributed by atoms with Crippen LogP contribution in [0.5, 0.6) is 5.75 Å². The fourth-order valence-corrected chi connectivity index (χ4v) is 5.48. The molecule has 3 aromatic rings. The molecule has 2 amide bonds. The smallest absolute Gasteiger partial charge is 0.244 e. The Labute approximate surface area is 245 Å². The Morgan fingerprint density at radius 3 is 2.27 bits per heavy atom. The summed E-state index contributed by atoms with van der Waals surface area (Å²) in [4.78, 5) is 28.9. The summed E-state index contributed by atoms with van der Waals surface area (Å²) in [6.07, 6.45) is 1.96. The van der Waals surface area contributed by atoms with Gasteiger partial charge in [-0.15, -0.1) is 0 Å². The zero-order chi connectivity index (χ0) is 29.3. The lowest BCUT2D eigenvalue weighted by molar-refractivity contribution is -0.140. The summed E-state index contributed by atoms with van der Waals surface area (Å²) in [7, 11) is -2.47. The van der Waals surface area contributed by atoms with E-state index >= 15 is 0 Å². The first kappa shape index (κ1) is 31.3. The lowest BCUT2D eigenvalue weighted by Gasteiger charge is -2.33. The van der Waals surface area contributed by atoms with Crippen LogP contribution < -0.4 is 14.4 Å². The van der Waals surface area contributed by atoms with Crippen LogP contribution in [-0.2, 0) is 32.6 Å². The summed E-state index contributed by atoms with van der Waals surface area (Å²) >= 11 is 12.5. The number of nitrogens with zero attached hydrogens (tertiary/aromatic N) is 2. The average Bonchev–Trinajstić information content (AvgIpc) is 2.92. The maximum Gasteiger partial charge on any atom is 0.244 e. The largest absolute Gasteiger partial charge is 0.495 e. The van der Waals surface area contributed by atoms with Crippen LogP contribution in [0.1, 0.15) is 24.5 Å². The maximum absolute atomic E-state index is 14.0. The molecule has 0 aliphatic heterocycles. The van der Waals surface area contributed by atoms with Crippen LogP contribution >= 0.6 is 23.2 Å². The number of carbonyl (C=O) groups excluding carboxylic acids is 2. The van der Waals surface area contributed by atoms with E-state index in [0.717, 1.165) is 16.1 Å². The molecule has 0 spiro atoms. The molecule has 214 valence electrons. The predicted octanol–water partition coefficient (Wildman–Crippen LogP) is 4.93. The quantitative estimate of drug-likeness (QED) is 0.298. The van der Waals surface area contributed by atoms with Gasteiger partial charge in [-0.3, -0.25) is 13.9 Å². The summed E-state index contributed by atoms with van der Waals surface area (Å²) in [5.41, 5.74) is 1.74. The van der Waals surface area contributed by atoms with Gasteiger partial charge in [-0.25, -0.2) is 8.42 Å². The molecular weight excluding hydrogens is 573 g/mol. The first-order valence-corrected chi connectivity index (χ1v) is 15.3. The van der Waals surface area contributed by atoms with Crippen molar-refractivity contribution in [3.05, 3.63) is 94.0 Å². The van der Waals surface area contributed by atoms with Gasteiger partial charge in [-0.2, -0.15) is 0 Å². The molecule has 0 heterocycles. The van der Waals surface area contributed by atoms with Gasteiger partial charge in [0.1, 0.15) is 18.3 Å². The molecule has 0 aromatic heterocycles. The van der Waals surface area contributed by atoms with Crippen LogP contribution in [0.25, 0.3) is 0 Å². The van der Waals surface area contributed by atoms with Gasteiger partial charge in [0.05, 0.1) is 24.1 Å². The van der Waals surface area contributed by atoms with Crippen molar-refractivity contribution in [1.29, 1.82) is 0 Å². The molecule has 1 atom stereocenters. The van der Waals surface area contributed by atoms with Crippen LogP contribution in [-0.4, -0.2) is 57.6 Å². The zero-order valence-electron chi connectivity index (χ0n) is 22.6. The molecule has 0 saturated carbocycles. The Balaban J connectivity index is 2.05. The van der Waals surface area contributed by atoms with E-state index in [1.165, 1.54) is 30.2 Å². The van der Waals surface area contributed by atoms with E-state index in [1.807, 2.05) is 37.3 Å². The molecule has 0 unspecified atom stereocenters. The van der Waals surface area contributed by atoms with Gasteiger partial charge >= 0.3 is 0 Å². The zero-order valence-corrected chi connectivity index (χ0v) is 25.0. The lowest BCUT2D eigenvalue weighted by Crippen LogP contribution is -2.53. The van der Waals surface area contributed by atoms with E-state index in [0.29, 0.717) is 29.3 Å². The van der Waals surface area contributed by atoms with Crippen molar-refractivity contribution in [3.63, 3.8) is 0 Å². The molecule has 40 heavy (non-hydrogen) atoms. The van der Waals surface area contributed by atoms with Gasteiger partial charge in [0, 0.05) is 24.5 Å². The number of sulfonamides is 1. The molecular formula is C29H33Cl2N3O5S. The van der Waals surface area contributed by atoms with Crippen molar-refractivity contribution in [2.75, 3.05) is 30.8 Å². The first-order valence-electron chi connectivity index (χ1n) is 12.7. The number of anilines is 1. The van der Waals surface area contributed by atoms with Crippen molar-refractivity contribution < 1.29 is 22.7 Å². The lowest BCUT2D eigenvalue weighted by atomic mass is 10.0. The highest BCUT2D eigenvalue weighted by molar-refractivity contribution is 7.92. The molecule has 0 radical (unpaired) electrons. The fraction of sp³-hybridized carbons (Fsp3) is 0.310. The Bertz CT molecular complexity index is 1420. The van der Waals surface area contributed by atoms with Gasteiger partial charge in [-0.05, 0) is 47.9 Å². The van der Waals surface area contributed by atoms with Crippen LogP contribution in [0.2, 0.25) is 10.0 Å². The second-order valence-electron chi connectivity index (χ2n) is 9.24. The third kappa shape index (κ3) is 8.61. The average molecular weight is 607 g/mol. The Morgan fingerprint density at radius 1 is 0.975 bits per heavy atom. The summed E-state index contributed by atoms with van der Waals surface area (Å²) in [5, 5.41) is 3.57. The molecule has 3 aromatic carbocycles. The van der Waals surface area contributed by atoms with Gasteiger partial charge in [0.2, 0.25) is 21.8 Å². The SMILES string of the molecule is CCCNC(=O)[C@@H](Cc1ccccc1)N(Cc1cccc(Cl)c1)C(=O)CN(c1ccc(OC)c(Cl)c1)S(C)(=O)=O. The van der Waals surface area contributed by atoms with Crippen LogP contribution in [0.4, 0.5) is 5.69 Å². The number of carbonyl (C=O) groups is 2. The van der Waals surface area contributed by atoms with Crippen LogP contribution in [0.3, 0.4) is 0 Å². The minimum Gasteiger partial charge on any atom is -0.495 e. The Morgan fingerprint density at radius 2 is 1.68 bits per heavy atom. The normalized spacial score (nSPS) is 11.9. The third-order valence-electron chi connectivity index (χ3n) is 6.16. The topological polar surface area (TPSA) is 96.0 Å². The van der Waals surface area contributed by atoms with Crippen LogP contribution in [0, 0.1) is 0 Å². The standard InChI is InChI=1S/C29H33Cl2N3O5S/c1-4-15-32-29(36)26(17-21-9-6-5-7-10-21)33(19-22-11-8-12-23(30)16-22)28(35)20-34(40(3,37)38)24-13-14-27(39-2)25(31)18-24/h5-14,16,18,26H,4,15,17,19-20H2,1-3H3,(H,32,36)/t26-/m1/s1. The molecule has 0 aliphatic carbocycles. The van der Waals surface area contributed by atoms with Gasteiger partial charge in [-0.1, -0.05) is 72.6 Å². The molecule has 0 aliphatic rings. The van der Waals surface area contributed by atoms with Gasteiger partial charge in [0.15, 0.2) is 0 Å². The molecule has 0 bridgehead atoms. The number of benzene rings is 3. The highest BCUT2D eigenvalue weighted by Crippen LogP contribution is 2.30. The summed E-state index contributed by atoms with van der Waals surface area (Å²) in [6, 6.07) is 19.9. The first-order chi connectivity index (χ1) is 19.0. The number of methoxy groups -OCH3 is 1. The van der Waals surface area contributed by atoms with Gasteiger partial charge in [0.25, 0.3) is 0 Å². The van der Waals surface area contributed by atoms with Crippen molar-refractivity contribution >= 4 is 50.7 Å². The molecule has 3 rings (SSSR count). The van der Waals surface area contributed by atoms with Crippen molar-refractivity contribution in [3.8, 4) is 5.75 Å². The fourth-order valence-electron chi connectivity index (χ4n) is 4.18. The number of rotatable bonds is 13. The summed E-state index contributed by atoms with van der Waals surface area (Å²) < 4.78 is 31.9. The predicted molar refractivity (Wildman–Crippen MR) is 159 cm³/mol. The van der Waals surface area contributed by atoms with E-state index in [9.17, 15) is 18.0 Å². The van der Waals surface area contributed by atoms with Crippen LogP contribution in [0.15, 0.2) is 72.8 Å². The van der Waals surface area contributed by atoms with E-state index in [4.69, 9.17) is 27.9 Å². The minimum absolute atomic E-state index is 0.0391. The van der Waals surface area contributed by atoms with E-state index in [-0.39, 0.29) is 29.6 Å². The number of halogens is 2. The number of ether oxygens (including phenoxy) is 1. The van der Waals surface area contributed by atoms with Crippen molar-refractivity contribution in [2.45, 2.75) is 32.4 Å². The second kappa shape index (κ2) is 14.4. The number of hydrogen-bond acceptors (Lipinski definition) is 5. The van der Waals surface area contributed by atoms with Crippen molar-refractivity contribution in [1.82, 2.24) is 10.2 Å². The van der Waals surface area contributed by atoms with E-state index < -0.39 is 28.5 Å². The minimum atomic E-state index is -3.92. The number of nitrogens with one attached hydrogen (secondary N) is 1. The Kier molecular flexibility index (Phi) is 11.2. The van der Waals surface area contributed by atoms with Crippen molar-refractivity contribution in [2.24, 2.45) is 0 Å². The maximum atomic E-state index is 14.0.